The molecule has 106 valence electrons. The fourth-order valence-electron chi connectivity index (χ4n) is 2.55. The number of rotatable bonds is 5. The van der Waals surface area contributed by atoms with Crippen LogP contribution in [-0.4, -0.2) is 55.9 Å². The minimum Gasteiger partial charge on any atom is -0.372 e. The smallest absolute Gasteiger partial charge is 0.218 e. The zero-order valence-electron chi connectivity index (χ0n) is 11.4. The van der Waals surface area contributed by atoms with E-state index in [9.17, 15) is 8.42 Å². The average Bonchev–Trinajstić information content (AvgIpc) is 2.64. The van der Waals surface area contributed by atoms with Gasteiger partial charge in [-0.3, -0.25) is 0 Å². The lowest BCUT2D eigenvalue weighted by Gasteiger charge is -2.33. The van der Waals surface area contributed by atoms with Crippen LogP contribution in [0.4, 0.5) is 0 Å². The number of fused-ring (bicyclic) bond motifs is 2. The molecule has 2 aliphatic rings. The van der Waals surface area contributed by atoms with E-state index in [1.165, 1.54) is 0 Å². The van der Waals surface area contributed by atoms with Crippen LogP contribution in [0.15, 0.2) is 0 Å². The van der Waals surface area contributed by atoms with Crippen molar-refractivity contribution in [3.63, 3.8) is 0 Å². The van der Waals surface area contributed by atoms with Gasteiger partial charge < -0.3 is 10.1 Å². The van der Waals surface area contributed by atoms with E-state index in [4.69, 9.17) is 4.74 Å². The van der Waals surface area contributed by atoms with Crippen LogP contribution in [0.1, 0.15) is 33.6 Å². The fraction of sp³-hybridized carbons (Fsp3) is 1.00. The van der Waals surface area contributed by atoms with Crippen LogP contribution in [-0.2, 0) is 14.8 Å². The van der Waals surface area contributed by atoms with Crippen LogP contribution in [0.5, 0.6) is 0 Å². The van der Waals surface area contributed by atoms with Gasteiger partial charge in [0.2, 0.25) is 10.0 Å². The van der Waals surface area contributed by atoms with Crippen molar-refractivity contribution >= 4 is 10.0 Å². The second-order valence-corrected chi connectivity index (χ2v) is 8.04. The van der Waals surface area contributed by atoms with Crippen LogP contribution in [0.2, 0.25) is 0 Å². The van der Waals surface area contributed by atoms with Gasteiger partial charge in [-0.2, -0.15) is 4.31 Å². The minimum atomic E-state index is -3.19. The van der Waals surface area contributed by atoms with Gasteiger partial charge >= 0.3 is 0 Å². The number of morpholine rings is 1. The first-order chi connectivity index (χ1) is 8.39. The third kappa shape index (κ3) is 3.04. The quantitative estimate of drug-likeness (QED) is 0.797. The van der Waals surface area contributed by atoms with E-state index < -0.39 is 10.0 Å². The molecule has 2 rings (SSSR count). The summed E-state index contributed by atoms with van der Waals surface area (Å²) in [5, 5.41) is 2.81. The molecule has 0 radical (unpaired) electrons. The summed E-state index contributed by atoms with van der Waals surface area (Å²) < 4.78 is 32.2. The van der Waals surface area contributed by atoms with Crippen molar-refractivity contribution in [3.05, 3.63) is 0 Å². The van der Waals surface area contributed by atoms with Crippen LogP contribution in [0, 0.1) is 0 Å². The van der Waals surface area contributed by atoms with Crippen molar-refractivity contribution in [2.24, 2.45) is 0 Å². The lowest BCUT2D eigenvalue weighted by Crippen LogP contribution is -2.50. The number of sulfonamides is 1. The van der Waals surface area contributed by atoms with Gasteiger partial charge in [0.1, 0.15) is 0 Å². The van der Waals surface area contributed by atoms with Gasteiger partial charge in [-0.25, -0.2) is 8.42 Å². The normalized spacial score (nSPS) is 30.9. The summed E-state index contributed by atoms with van der Waals surface area (Å²) in [6.07, 6.45) is 2.22. The zero-order valence-corrected chi connectivity index (χ0v) is 12.2. The lowest BCUT2D eigenvalue weighted by atomic mass is 10.2. The Balaban J connectivity index is 1.97. The molecule has 0 aromatic carbocycles. The second-order valence-electron chi connectivity index (χ2n) is 5.69. The average molecular weight is 276 g/mol. The lowest BCUT2D eigenvalue weighted by molar-refractivity contribution is -0.0116. The molecule has 0 saturated carbocycles. The van der Waals surface area contributed by atoms with Crippen molar-refractivity contribution in [1.29, 1.82) is 0 Å². The number of hydrogen-bond acceptors (Lipinski definition) is 4. The van der Waals surface area contributed by atoms with Crippen molar-refractivity contribution in [3.8, 4) is 0 Å². The fourth-order valence-corrected chi connectivity index (χ4v) is 4.11. The van der Waals surface area contributed by atoms with E-state index in [1.807, 2.05) is 13.8 Å². The molecule has 0 aliphatic carbocycles. The van der Waals surface area contributed by atoms with Crippen LogP contribution >= 0.6 is 0 Å². The van der Waals surface area contributed by atoms with Gasteiger partial charge in [0, 0.05) is 25.7 Å². The Labute approximate surface area is 110 Å². The predicted octanol–water partition coefficient (Wildman–Crippen LogP) is 0.566. The van der Waals surface area contributed by atoms with Crippen molar-refractivity contribution in [1.82, 2.24) is 9.62 Å². The maximum absolute atomic E-state index is 12.4. The monoisotopic (exact) mass is 276 g/mol. The van der Waals surface area contributed by atoms with E-state index >= 15 is 0 Å². The molecule has 3 atom stereocenters. The minimum absolute atomic E-state index is 0.115. The highest BCUT2D eigenvalue weighted by molar-refractivity contribution is 7.89. The molecule has 6 heteroatoms. The highest BCUT2D eigenvalue weighted by Crippen LogP contribution is 2.28. The maximum Gasteiger partial charge on any atom is 0.218 e. The molecule has 0 aromatic heterocycles. The zero-order chi connectivity index (χ0) is 13.3. The van der Waals surface area contributed by atoms with E-state index in [-0.39, 0.29) is 17.5 Å². The first-order valence-electron chi connectivity index (χ1n) is 6.77. The first-order valence-corrected chi connectivity index (χ1v) is 8.27. The highest BCUT2D eigenvalue weighted by Gasteiger charge is 2.40. The molecule has 18 heavy (non-hydrogen) atoms. The Bertz CT molecular complexity index is 371. The maximum atomic E-state index is 12.4. The SMILES string of the molecule is CC(C)NCC(C)S(=O)(=O)N1CC2CCC(C1)O2. The van der Waals surface area contributed by atoms with Gasteiger partial charge in [-0.15, -0.1) is 0 Å². The standard InChI is InChI=1S/C12H24N2O3S/c1-9(2)13-6-10(3)18(15,16)14-7-11-4-5-12(8-14)17-11/h9-13H,4-8H2,1-3H3. The molecular weight excluding hydrogens is 252 g/mol. The van der Waals surface area contributed by atoms with E-state index in [1.54, 1.807) is 11.2 Å². The highest BCUT2D eigenvalue weighted by atomic mass is 32.2. The molecule has 2 saturated heterocycles. The predicted molar refractivity (Wildman–Crippen MR) is 71.0 cm³/mol. The Morgan fingerprint density at radius 1 is 1.22 bits per heavy atom. The number of nitrogens with one attached hydrogen (secondary N) is 1. The molecule has 1 N–H and O–H groups in total. The molecule has 0 amide bonds. The Morgan fingerprint density at radius 2 is 1.78 bits per heavy atom. The van der Waals surface area contributed by atoms with Crippen molar-refractivity contribution in [2.75, 3.05) is 19.6 Å². The summed E-state index contributed by atoms with van der Waals surface area (Å²) >= 11 is 0. The topological polar surface area (TPSA) is 58.6 Å². The van der Waals surface area contributed by atoms with Gasteiger partial charge in [0.25, 0.3) is 0 Å². The molecule has 0 spiro atoms. The summed E-state index contributed by atoms with van der Waals surface area (Å²) in [7, 11) is -3.19. The largest absolute Gasteiger partial charge is 0.372 e. The van der Waals surface area contributed by atoms with Crippen molar-refractivity contribution < 1.29 is 13.2 Å². The third-order valence-electron chi connectivity index (χ3n) is 3.69. The Morgan fingerprint density at radius 3 is 2.28 bits per heavy atom. The number of hydrogen-bond donors (Lipinski definition) is 1. The summed E-state index contributed by atoms with van der Waals surface area (Å²) in [6.45, 7) is 7.40. The molecule has 2 heterocycles. The number of ether oxygens (including phenoxy) is 1. The Hall–Kier alpha value is -0.170. The summed E-state index contributed by atoms with van der Waals surface area (Å²) in [5.74, 6) is 0. The van der Waals surface area contributed by atoms with Gasteiger partial charge in [-0.05, 0) is 19.8 Å². The first kappa shape index (κ1) is 14.2. The Kier molecular flexibility index (Phi) is 4.31. The summed E-state index contributed by atoms with van der Waals surface area (Å²) in [6, 6.07) is 0.309. The van der Waals surface area contributed by atoms with Gasteiger partial charge in [0.05, 0.1) is 17.5 Å². The summed E-state index contributed by atoms with van der Waals surface area (Å²) in [5.41, 5.74) is 0. The molecule has 2 fully saturated rings. The van der Waals surface area contributed by atoms with E-state index in [0.29, 0.717) is 25.7 Å². The second kappa shape index (κ2) is 5.45. The van der Waals surface area contributed by atoms with Crippen LogP contribution in [0.25, 0.3) is 0 Å². The molecule has 2 aliphatic heterocycles. The van der Waals surface area contributed by atoms with Crippen LogP contribution in [0.3, 0.4) is 0 Å². The van der Waals surface area contributed by atoms with E-state index in [2.05, 4.69) is 5.32 Å². The number of nitrogens with zero attached hydrogens (tertiary/aromatic N) is 1. The van der Waals surface area contributed by atoms with Crippen LogP contribution < -0.4 is 5.32 Å². The summed E-state index contributed by atoms with van der Waals surface area (Å²) in [4.78, 5) is 0. The molecule has 3 unspecified atom stereocenters. The molecular formula is C12H24N2O3S. The van der Waals surface area contributed by atoms with Gasteiger partial charge in [0.15, 0.2) is 0 Å². The molecule has 0 aromatic rings. The third-order valence-corrected chi connectivity index (χ3v) is 5.89. The molecule has 2 bridgehead atoms. The van der Waals surface area contributed by atoms with Gasteiger partial charge in [-0.1, -0.05) is 13.8 Å². The molecule has 5 nitrogen and oxygen atoms in total. The van der Waals surface area contributed by atoms with Crippen molar-refractivity contribution in [2.45, 2.75) is 57.1 Å². The van der Waals surface area contributed by atoms with E-state index in [0.717, 1.165) is 12.8 Å².